The first-order valence-corrected chi connectivity index (χ1v) is 3.14. The Morgan fingerprint density at radius 3 is 2.43 bits per heavy atom. The Morgan fingerprint density at radius 1 is 1.43 bits per heavy atom. The van der Waals surface area contributed by atoms with E-state index in [4.69, 9.17) is 10.9 Å². The summed E-state index contributed by atoms with van der Waals surface area (Å²) in [6.45, 7) is 0. The van der Waals surface area contributed by atoms with Crippen LogP contribution in [0.3, 0.4) is 0 Å². The van der Waals surface area contributed by atoms with Gasteiger partial charge in [-0.2, -0.15) is 0 Å². The normalized spacial score (nSPS) is 8.14. The van der Waals surface area contributed by atoms with Gasteiger partial charge in [0.1, 0.15) is 5.82 Å². The molecule has 0 saturated heterocycles. The molecule has 0 spiro atoms. The maximum Gasteiger partial charge on any atom is 0.337 e. The van der Waals surface area contributed by atoms with Gasteiger partial charge in [0.2, 0.25) is 0 Å². The minimum Gasteiger partial charge on any atom is -0.478 e. The smallest absolute Gasteiger partial charge is 0.337 e. The molecule has 0 radical (unpaired) electrons. The lowest BCUT2D eigenvalue weighted by Crippen LogP contribution is -2.11. The van der Waals surface area contributed by atoms with Crippen LogP contribution >= 0.6 is 24.8 Å². The van der Waals surface area contributed by atoms with E-state index in [1.54, 1.807) is 0 Å². The van der Waals surface area contributed by atoms with Gasteiger partial charge in [0, 0.05) is 0 Å². The van der Waals surface area contributed by atoms with Gasteiger partial charge in [-0.05, 0) is 18.2 Å². The van der Waals surface area contributed by atoms with Crippen molar-refractivity contribution in [2.24, 2.45) is 5.84 Å². The number of carboxylic acids is 1. The van der Waals surface area contributed by atoms with Gasteiger partial charge in [0.05, 0.1) is 11.3 Å². The number of hydrogen-bond donors (Lipinski definition) is 3. The number of rotatable bonds is 2. The number of nitrogens with two attached hydrogens (primary N) is 1. The molecule has 0 saturated carbocycles. The lowest BCUT2D eigenvalue weighted by atomic mass is 10.2. The fourth-order valence-corrected chi connectivity index (χ4v) is 0.819. The highest BCUT2D eigenvalue weighted by Gasteiger charge is 2.09. The van der Waals surface area contributed by atoms with Crippen LogP contribution in [0.4, 0.5) is 10.1 Å². The summed E-state index contributed by atoms with van der Waals surface area (Å²) in [5.74, 6) is 3.18. The minimum atomic E-state index is -1.22. The topological polar surface area (TPSA) is 75.3 Å². The highest BCUT2D eigenvalue weighted by Crippen LogP contribution is 2.15. The molecule has 4 nitrogen and oxygen atoms in total. The molecule has 0 amide bonds. The second-order valence-electron chi connectivity index (χ2n) is 2.14. The molecule has 7 heteroatoms. The summed E-state index contributed by atoms with van der Waals surface area (Å²) in [5.41, 5.74) is 2.16. The standard InChI is InChI=1S/C7H7FN2O2.2ClH/c8-4-1-2-6(10-9)5(3-4)7(11)12;;/h1-3,10H,9H2,(H,11,12);2*1H. The van der Waals surface area contributed by atoms with Gasteiger partial charge >= 0.3 is 5.97 Å². The predicted octanol–water partition coefficient (Wildman–Crippen LogP) is 1.65. The second-order valence-corrected chi connectivity index (χ2v) is 2.14. The molecule has 0 aromatic heterocycles. The minimum absolute atomic E-state index is 0. The van der Waals surface area contributed by atoms with Crippen molar-refractivity contribution in [3.05, 3.63) is 29.6 Å². The van der Waals surface area contributed by atoms with E-state index in [1.807, 2.05) is 0 Å². The zero-order valence-electron chi connectivity index (χ0n) is 6.86. The Labute approximate surface area is 92.1 Å². The Hall–Kier alpha value is -1.04. The molecular formula is C7H9Cl2FN2O2. The number of benzene rings is 1. The van der Waals surface area contributed by atoms with Gasteiger partial charge in [-0.3, -0.25) is 5.84 Å². The van der Waals surface area contributed by atoms with Crippen LogP contribution in [0.2, 0.25) is 0 Å². The van der Waals surface area contributed by atoms with Gasteiger partial charge in [-0.15, -0.1) is 24.8 Å². The highest BCUT2D eigenvalue weighted by atomic mass is 35.5. The monoisotopic (exact) mass is 242 g/mol. The maximum absolute atomic E-state index is 12.5. The molecule has 0 unspecified atom stereocenters. The fourth-order valence-electron chi connectivity index (χ4n) is 0.819. The van der Waals surface area contributed by atoms with Crippen molar-refractivity contribution in [2.45, 2.75) is 0 Å². The van der Waals surface area contributed by atoms with Crippen molar-refractivity contribution >= 4 is 36.5 Å². The van der Waals surface area contributed by atoms with E-state index in [-0.39, 0.29) is 36.1 Å². The number of carboxylic acid groups (broad SMARTS) is 1. The summed E-state index contributed by atoms with van der Waals surface area (Å²) in [5, 5.41) is 8.56. The summed E-state index contributed by atoms with van der Waals surface area (Å²) in [6.07, 6.45) is 0. The SMILES string of the molecule is Cl.Cl.NNc1ccc(F)cc1C(=O)O. The van der Waals surface area contributed by atoms with Crippen LogP contribution in [0.1, 0.15) is 10.4 Å². The zero-order chi connectivity index (χ0) is 9.14. The average molecular weight is 243 g/mol. The Kier molecular flexibility index (Phi) is 7.08. The van der Waals surface area contributed by atoms with Crippen molar-refractivity contribution in [1.29, 1.82) is 0 Å². The molecule has 0 atom stereocenters. The third-order valence-corrected chi connectivity index (χ3v) is 1.37. The van der Waals surface area contributed by atoms with E-state index in [0.29, 0.717) is 0 Å². The molecule has 0 bridgehead atoms. The maximum atomic E-state index is 12.5. The van der Waals surface area contributed by atoms with Crippen LogP contribution in [0.5, 0.6) is 0 Å². The Morgan fingerprint density at radius 2 is 2.00 bits per heavy atom. The van der Waals surface area contributed by atoms with Gasteiger partial charge in [0.25, 0.3) is 0 Å². The Bertz CT molecular complexity index is 323. The number of carbonyl (C=O) groups is 1. The molecule has 0 aliphatic heterocycles. The molecule has 4 N–H and O–H groups in total. The van der Waals surface area contributed by atoms with Crippen LogP contribution in [0, 0.1) is 5.82 Å². The Balaban J connectivity index is 0. The summed E-state index contributed by atoms with van der Waals surface area (Å²) < 4.78 is 12.5. The number of hydrazine groups is 1. The van der Waals surface area contributed by atoms with Crippen LogP contribution in [0.25, 0.3) is 0 Å². The summed E-state index contributed by atoms with van der Waals surface area (Å²) in [6, 6.07) is 3.29. The first kappa shape index (κ1) is 15.4. The number of nitrogen functional groups attached to an aromatic ring is 1. The van der Waals surface area contributed by atoms with Crippen molar-refractivity contribution in [3.8, 4) is 0 Å². The number of hydrogen-bond acceptors (Lipinski definition) is 3. The number of anilines is 1. The first-order valence-electron chi connectivity index (χ1n) is 3.14. The van der Waals surface area contributed by atoms with Crippen molar-refractivity contribution < 1.29 is 14.3 Å². The third kappa shape index (κ3) is 3.37. The van der Waals surface area contributed by atoms with Gasteiger partial charge in [-0.1, -0.05) is 0 Å². The molecule has 14 heavy (non-hydrogen) atoms. The van der Waals surface area contributed by atoms with Crippen molar-refractivity contribution in [2.75, 3.05) is 5.43 Å². The zero-order valence-corrected chi connectivity index (χ0v) is 8.49. The van der Waals surface area contributed by atoms with E-state index in [2.05, 4.69) is 5.43 Å². The fraction of sp³-hybridized carbons (Fsp3) is 0. The van der Waals surface area contributed by atoms with Crippen LogP contribution < -0.4 is 11.3 Å². The molecule has 0 fully saturated rings. The van der Waals surface area contributed by atoms with E-state index in [1.165, 1.54) is 6.07 Å². The molecule has 1 aromatic rings. The molecule has 1 aromatic carbocycles. The number of nitrogens with one attached hydrogen (secondary N) is 1. The summed E-state index contributed by atoms with van der Waals surface area (Å²) in [4.78, 5) is 10.5. The van der Waals surface area contributed by atoms with Crippen LogP contribution in [0.15, 0.2) is 18.2 Å². The van der Waals surface area contributed by atoms with E-state index in [0.717, 1.165) is 12.1 Å². The van der Waals surface area contributed by atoms with Gasteiger partial charge < -0.3 is 10.5 Å². The molecule has 0 aliphatic carbocycles. The largest absolute Gasteiger partial charge is 0.478 e. The second kappa shape index (κ2) is 6.42. The lowest BCUT2D eigenvalue weighted by molar-refractivity contribution is 0.0697. The van der Waals surface area contributed by atoms with Crippen molar-refractivity contribution in [1.82, 2.24) is 0 Å². The van der Waals surface area contributed by atoms with Crippen LogP contribution in [-0.2, 0) is 0 Å². The molecule has 0 aliphatic rings. The summed E-state index contributed by atoms with van der Waals surface area (Å²) >= 11 is 0. The van der Waals surface area contributed by atoms with E-state index < -0.39 is 11.8 Å². The van der Waals surface area contributed by atoms with E-state index in [9.17, 15) is 9.18 Å². The highest BCUT2D eigenvalue weighted by molar-refractivity contribution is 5.94. The third-order valence-electron chi connectivity index (χ3n) is 1.37. The quantitative estimate of drug-likeness (QED) is 0.545. The molecular weight excluding hydrogens is 234 g/mol. The lowest BCUT2D eigenvalue weighted by Gasteiger charge is -2.03. The number of aromatic carboxylic acids is 1. The number of halogens is 3. The van der Waals surface area contributed by atoms with Gasteiger partial charge in [-0.25, -0.2) is 9.18 Å². The van der Waals surface area contributed by atoms with Gasteiger partial charge in [0.15, 0.2) is 0 Å². The molecule has 0 heterocycles. The first-order chi connectivity index (χ1) is 5.65. The van der Waals surface area contributed by atoms with E-state index >= 15 is 0 Å². The predicted molar refractivity (Wildman–Crippen MR) is 55.7 cm³/mol. The van der Waals surface area contributed by atoms with Crippen molar-refractivity contribution in [3.63, 3.8) is 0 Å². The average Bonchev–Trinajstić information content (AvgIpc) is 2.04. The molecule has 1 rings (SSSR count). The van der Waals surface area contributed by atoms with Crippen LogP contribution in [-0.4, -0.2) is 11.1 Å². The molecule has 80 valence electrons. The summed E-state index contributed by atoms with van der Waals surface area (Å²) in [7, 11) is 0.